The van der Waals surface area contributed by atoms with Crippen molar-refractivity contribution in [1.29, 1.82) is 0 Å². The van der Waals surface area contributed by atoms with Crippen molar-refractivity contribution in [3.05, 3.63) is 41.5 Å². The third kappa shape index (κ3) is 3.68. The van der Waals surface area contributed by atoms with Crippen molar-refractivity contribution < 1.29 is 28.5 Å². The van der Waals surface area contributed by atoms with Crippen LogP contribution in [0.3, 0.4) is 0 Å². The summed E-state index contributed by atoms with van der Waals surface area (Å²) < 4.78 is 26.5. The molecule has 6 nitrogen and oxygen atoms in total. The zero-order valence-electron chi connectivity index (χ0n) is 14.2. The van der Waals surface area contributed by atoms with Gasteiger partial charge in [-0.2, -0.15) is 0 Å². The van der Waals surface area contributed by atoms with E-state index in [0.717, 1.165) is 11.1 Å². The van der Waals surface area contributed by atoms with Crippen LogP contribution in [0.4, 0.5) is 0 Å². The predicted octanol–water partition coefficient (Wildman–Crippen LogP) is 3.53. The Morgan fingerprint density at radius 2 is 1.68 bits per heavy atom. The number of fused-ring (bicyclic) bond motifs is 1. The van der Waals surface area contributed by atoms with E-state index in [1.807, 2.05) is 30.4 Å². The minimum Gasteiger partial charge on any atom is -0.493 e. The van der Waals surface area contributed by atoms with Gasteiger partial charge in [0, 0.05) is 6.92 Å². The molecule has 0 saturated carbocycles. The zero-order valence-corrected chi connectivity index (χ0v) is 14.2. The van der Waals surface area contributed by atoms with Gasteiger partial charge in [0.2, 0.25) is 12.5 Å². The number of hydrogen-bond donors (Lipinski definition) is 0. The molecule has 0 fully saturated rings. The molecule has 0 amide bonds. The van der Waals surface area contributed by atoms with Crippen LogP contribution in [-0.4, -0.2) is 27.0 Å². The quantitative estimate of drug-likeness (QED) is 0.471. The monoisotopic (exact) mass is 342 g/mol. The fourth-order valence-electron chi connectivity index (χ4n) is 2.47. The average Bonchev–Trinajstić information content (AvgIpc) is 3.07. The van der Waals surface area contributed by atoms with E-state index < -0.39 is 5.97 Å². The molecular weight excluding hydrogens is 324 g/mol. The zero-order chi connectivity index (χ0) is 17.8. The molecule has 1 aliphatic rings. The summed E-state index contributed by atoms with van der Waals surface area (Å²) in [6, 6.07) is 9.09. The highest BCUT2D eigenvalue weighted by atomic mass is 16.7. The topological polar surface area (TPSA) is 63.2 Å². The summed E-state index contributed by atoms with van der Waals surface area (Å²) in [6.07, 6.45) is 3.80. The molecule has 25 heavy (non-hydrogen) atoms. The number of hydrogen-bond acceptors (Lipinski definition) is 6. The molecule has 2 aromatic carbocycles. The first-order valence-electron chi connectivity index (χ1n) is 7.63. The van der Waals surface area contributed by atoms with Crippen LogP contribution in [0.25, 0.3) is 12.2 Å². The molecule has 0 unspecified atom stereocenters. The molecule has 0 aliphatic carbocycles. The van der Waals surface area contributed by atoms with E-state index in [2.05, 4.69) is 0 Å². The second-order valence-electron chi connectivity index (χ2n) is 5.29. The molecule has 2 aromatic rings. The molecule has 1 aliphatic heterocycles. The summed E-state index contributed by atoms with van der Waals surface area (Å²) in [5, 5.41) is 0. The number of ether oxygens (including phenoxy) is 5. The van der Waals surface area contributed by atoms with Gasteiger partial charge in [-0.15, -0.1) is 0 Å². The van der Waals surface area contributed by atoms with Crippen LogP contribution >= 0.6 is 0 Å². The molecule has 0 saturated heterocycles. The van der Waals surface area contributed by atoms with Crippen LogP contribution in [0.1, 0.15) is 18.1 Å². The van der Waals surface area contributed by atoms with E-state index >= 15 is 0 Å². The standard InChI is InChI=1S/C19H18O6/c1-12(20)25-16-8-13(6-7-15(16)21-2)4-5-14-9-17(22-3)19-18(10-14)23-11-24-19/h4-10H,11H2,1-3H3/b5-4-. The molecule has 130 valence electrons. The van der Waals surface area contributed by atoms with Gasteiger partial charge in [-0.05, 0) is 35.4 Å². The molecule has 0 atom stereocenters. The van der Waals surface area contributed by atoms with Crippen molar-refractivity contribution in [3.8, 4) is 28.7 Å². The Hall–Kier alpha value is -3.15. The highest BCUT2D eigenvalue weighted by Gasteiger charge is 2.19. The van der Waals surface area contributed by atoms with Gasteiger partial charge in [-0.25, -0.2) is 0 Å². The maximum Gasteiger partial charge on any atom is 0.308 e. The van der Waals surface area contributed by atoms with Gasteiger partial charge in [-0.3, -0.25) is 4.79 Å². The van der Waals surface area contributed by atoms with Gasteiger partial charge in [0.25, 0.3) is 0 Å². The largest absolute Gasteiger partial charge is 0.493 e. The summed E-state index contributed by atoms with van der Waals surface area (Å²) in [5.41, 5.74) is 1.75. The highest BCUT2D eigenvalue weighted by Crippen LogP contribution is 2.42. The summed E-state index contributed by atoms with van der Waals surface area (Å²) in [5.74, 6) is 2.35. The summed E-state index contributed by atoms with van der Waals surface area (Å²) in [6.45, 7) is 1.53. The maximum atomic E-state index is 11.2. The summed E-state index contributed by atoms with van der Waals surface area (Å²) in [4.78, 5) is 11.2. The number of esters is 1. The SMILES string of the molecule is COc1ccc(/C=C\c2cc(OC)c3c(c2)OCO3)cc1OC(C)=O. The Kier molecular flexibility index (Phi) is 4.79. The smallest absolute Gasteiger partial charge is 0.308 e. The average molecular weight is 342 g/mol. The Bertz CT molecular complexity index is 825. The molecule has 3 rings (SSSR count). The van der Waals surface area contributed by atoms with E-state index in [-0.39, 0.29) is 6.79 Å². The Morgan fingerprint density at radius 3 is 2.40 bits per heavy atom. The second-order valence-corrected chi connectivity index (χ2v) is 5.29. The fraction of sp³-hybridized carbons (Fsp3) is 0.211. The van der Waals surface area contributed by atoms with E-state index in [9.17, 15) is 4.79 Å². The summed E-state index contributed by atoms with van der Waals surface area (Å²) in [7, 11) is 3.11. The lowest BCUT2D eigenvalue weighted by molar-refractivity contribution is -0.132. The van der Waals surface area contributed by atoms with E-state index in [4.69, 9.17) is 23.7 Å². The molecule has 1 heterocycles. The lowest BCUT2D eigenvalue weighted by Crippen LogP contribution is -2.03. The van der Waals surface area contributed by atoms with Crippen molar-refractivity contribution in [2.45, 2.75) is 6.92 Å². The molecule has 0 aromatic heterocycles. The minimum absolute atomic E-state index is 0.184. The van der Waals surface area contributed by atoms with E-state index in [1.165, 1.54) is 14.0 Å². The van der Waals surface area contributed by atoms with Crippen LogP contribution in [0, 0.1) is 0 Å². The van der Waals surface area contributed by atoms with Gasteiger partial charge >= 0.3 is 5.97 Å². The van der Waals surface area contributed by atoms with Crippen LogP contribution in [0.5, 0.6) is 28.7 Å². The van der Waals surface area contributed by atoms with Crippen molar-refractivity contribution in [3.63, 3.8) is 0 Å². The number of rotatable bonds is 5. The first-order valence-corrected chi connectivity index (χ1v) is 7.63. The fourth-order valence-corrected chi connectivity index (χ4v) is 2.47. The van der Waals surface area contributed by atoms with Crippen molar-refractivity contribution in [1.82, 2.24) is 0 Å². The Morgan fingerprint density at radius 1 is 0.960 bits per heavy atom. The number of carbonyl (C=O) groups excluding carboxylic acids is 1. The highest BCUT2D eigenvalue weighted by molar-refractivity contribution is 5.75. The molecule has 0 radical (unpaired) electrons. The predicted molar refractivity (Wildman–Crippen MR) is 92.3 cm³/mol. The van der Waals surface area contributed by atoms with Crippen molar-refractivity contribution in [2.24, 2.45) is 0 Å². The maximum absolute atomic E-state index is 11.2. The molecule has 0 N–H and O–H groups in total. The molecular formula is C19H18O6. The lowest BCUT2D eigenvalue weighted by Gasteiger charge is -2.08. The van der Waals surface area contributed by atoms with Crippen LogP contribution < -0.4 is 23.7 Å². The third-order valence-corrected chi connectivity index (χ3v) is 3.59. The number of methoxy groups -OCH3 is 2. The van der Waals surface area contributed by atoms with Gasteiger partial charge in [0.1, 0.15) is 0 Å². The van der Waals surface area contributed by atoms with Gasteiger partial charge in [0.05, 0.1) is 14.2 Å². The van der Waals surface area contributed by atoms with Crippen LogP contribution in [0.2, 0.25) is 0 Å². The number of carbonyl (C=O) groups is 1. The van der Waals surface area contributed by atoms with Crippen LogP contribution in [-0.2, 0) is 4.79 Å². The molecule has 0 spiro atoms. The van der Waals surface area contributed by atoms with Gasteiger partial charge in [-0.1, -0.05) is 18.2 Å². The normalized spacial score (nSPS) is 12.3. The van der Waals surface area contributed by atoms with Gasteiger partial charge < -0.3 is 23.7 Å². The lowest BCUT2D eigenvalue weighted by atomic mass is 10.1. The number of benzene rings is 2. The van der Waals surface area contributed by atoms with Crippen molar-refractivity contribution >= 4 is 18.1 Å². The van der Waals surface area contributed by atoms with Crippen LogP contribution in [0.15, 0.2) is 30.3 Å². The Balaban J connectivity index is 1.88. The minimum atomic E-state index is -0.403. The van der Waals surface area contributed by atoms with E-state index in [1.54, 1.807) is 19.2 Å². The van der Waals surface area contributed by atoms with Crippen molar-refractivity contribution in [2.75, 3.05) is 21.0 Å². The molecule has 0 bridgehead atoms. The first-order chi connectivity index (χ1) is 12.1. The first kappa shape index (κ1) is 16.7. The van der Waals surface area contributed by atoms with Gasteiger partial charge in [0.15, 0.2) is 23.0 Å². The van der Waals surface area contributed by atoms with E-state index in [0.29, 0.717) is 28.7 Å². The summed E-state index contributed by atoms with van der Waals surface area (Å²) >= 11 is 0. The molecule has 6 heteroatoms. The third-order valence-electron chi connectivity index (χ3n) is 3.59. The Labute approximate surface area is 145 Å². The second kappa shape index (κ2) is 7.17.